The van der Waals surface area contributed by atoms with Crippen LogP contribution < -0.4 is 19.5 Å². The molecule has 2 aromatic carbocycles. The van der Waals surface area contributed by atoms with E-state index in [1.165, 1.54) is 21.3 Å². The molecule has 0 saturated heterocycles. The maximum atomic E-state index is 10.5. The summed E-state index contributed by atoms with van der Waals surface area (Å²) in [5.41, 5.74) is 3.56. The molecule has 2 aromatic rings. The monoisotopic (exact) mass is 345 g/mol. The molecule has 6 nitrogen and oxygen atoms in total. The van der Waals surface area contributed by atoms with Crippen LogP contribution in [0.3, 0.4) is 0 Å². The Labute approximate surface area is 147 Å². The molecule has 6 heteroatoms. The number of phenolic OH excluding ortho intramolecular Hbond substituents is 2. The number of fused-ring (bicyclic) bond motifs is 3. The molecule has 0 heterocycles. The summed E-state index contributed by atoms with van der Waals surface area (Å²) in [7, 11) is 6.45. The lowest BCUT2D eigenvalue weighted by Gasteiger charge is -2.20. The van der Waals surface area contributed by atoms with Gasteiger partial charge in [-0.3, -0.25) is 0 Å². The molecule has 0 radical (unpaired) electrons. The van der Waals surface area contributed by atoms with Crippen LogP contribution in [-0.2, 0) is 6.42 Å². The predicted molar refractivity (Wildman–Crippen MR) is 95.0 cm³/mol. The maximum absolute atomic E-state index is 10.5. The van der Waals surface area contributed by atoms with E-state index in [0.29, 0.717) is 17.2 Å². The molecule has 134 valence electrons. The van der Waals surface area contributed by atoms with Crippen LogP contribution in [0.5, 0.6) is 28.7 Å². The number of phenols is 2. The Morgan fingerprint density at radius 1 is 1.00 bits per heavy atom. The molecule has 0 unspecified atom stereocenters. The number of benzene rings is 2. The minimum absolute atomic E-state index is 0.0429. The van der Waals surface area contributed by atoms with E-state index in [1.54, 1.807) is 6.07 Å². The van der Waals surface area contributed by atoms with Gasteiger partial charge in [0.2, 0.25) is 5.75 Å². The average molecular weight is 345 g/mol. The molecular weight excluding hydrogens is 322 g/mol. The lowest BCUT2D eigenvalue weighted by atomic mass is 9.93. The normalized spacial score (nSPS) is 15.8. The summed E-state index contributed by atoms with van der Waals surface area (Å²) in [6.07, 6.45) is 1.62. The van der Waals surface area contributed by atoms with Crippen LogP contribution in [0.1, 0.15) is 23.6 Å². The molecule has 0 amide bonds. The molecular formula is C19H23NO5. The van der Waals surface area contributed by atoms with E-state index in [1.807, 2.05) is 19.2 Å². The van der Waals surface area contributed by atoms with Crippen LogP contribution in [-0.4, -0.2) is 38.6 Å². The standard InChI is InChI=1S/C19H23NO5/c1-20-13-6-5-10-7-16(24-3)18(22)19(25-4)17(10)12-8-14(21)15(23-2)9-11(12)13/h7-9,13,20-22H,5-6H2,1-4H3/t13-/m0/s1. The Kier molecular flexibility index (Phi) is 4.63. The fraction of sp³-hybridized carbons (Fsp3) is 0.368. The molecule has 1 aliphatic carbocycles. The van der Waals surface area contributed by atoms with Gasteiger partial charge in [-0.2, -0.15) is 0 Å². The van der Waals surface area contributed by atoms with Gasteiger partial charge in [-0.25, -0.2) is 0 Å². The van der Waals surface area contributed by atoms with E-state index >= 15 is 0 Å². The second-order valence-electron chi connectivity index (χ2n) is 5.99. The van der Waals surface area contributed by atoms with Gasteiger partial charge in [0.15, 0.2) is 23.0 Å². The van der Waals surface area contributed by atoms with Crippen LogP contribution in [0.25, 0.3) is 11.1 Å². The minimum Gasteiger partial charge on any atom is -0.504 e. The number of hydrogen-bond acceptors (Lipinski definition) is 6. The van der Waals surface area contributed by atoms with E-state index in [9.17, 15) is 10.2 Å². The van der Waals surface area contributed by atoms with E-state index < -0.39 is 0 Å². The Balaban J connectivity index is 2.37. The van der Waals surface area contributed by atoms with E-state index in [0.717, 1.165) is 35.1 Å². The van der Waals surface area contributed by atoms with Crippen molar-refractivity contribution in [2.75, 3.05) is 28.4 Å². The Hall–Kier alpha value is -2.60. The average Bonchev–Trinajstić information content (AvgIpc) is 2.77. The van der Waals surface area contributed by atoms with Gasteiger partial charge in [0, 0.05) is 11.6 Å². The Morgan fingerprint density at radius 2 is 1.72 bits per heavy atom. The van der Waals surface area contributed by atoms with Crippen LogP contribution >= 0.6 is 0 Å². The van der Waals surface area contributed by atoms with Crippen molar-refractivity contribution in [2.24, 2.45) is 0 Å². The second-order valence-corrected chi connectivity index (χ2v) is 5.99. The fourth-order valence-electron chi connectivity index (χ4n) is 3.53. The Morgan fingerprint density at radius 3 is 2.32 bits per heavy atom. The highest BCUT2D eigenvalue weighted by Crippen LogP contribution is 2.51. The van der Waals surface area contributed by atoms with Gasteiger partial charge in [-0.1, -0.05) is 0 Å². The van der Waals surface area contributed by atoms with Crippen LogP contribution in [0.2, 0.25) is 0 Å². The zero-order valence-corrected chi connectivity index (χ0v) is 14.8. The van der Waals surface area contributed by atoms with E-state index in [-0.39, 0.29) is 17.5 Å². The SMILES string of the molecule is CN[C@H]1CCc2cc(OC)c(O)c(OC)c2-c2cc(O)c(OC)cc21. The number of aromatic hydroxyl groups is 2. The van der Waals surface area contributed by atoms with Gasteiger partial charge in [0.05, 0.1) is 21.3 Å². The molecule has 3 N–H and O–H groups in total. The molecule has 3 rings (SSSR count). The molecule has 0 fully saturated rings. The van der Waals surface area contributed by atoms with Crippen molar-refractivity contribution < 1.29 is 24.4 Å². The highest BCUT2D eigenvalue weighted by Gasteiger charge is 2.29. The number of nitrogens with one attached hydrogen (secondary N) is 1. The van der Waals surface area contributed by atoms with Crippen molar-refractivity contribution in [1.82, 2.24) is 5.32 Å². The van der Waals surface area contributed by atoms with Crippen molar-refractivity contribution in [1.29, 1.82) is 0 Å². The first-order valence-electron chi connectivity index (χ1n) is 8.11. The molecule has 1 aliphatic rings. The Bertz CT molecular complexity index is 803. The van der Waals surface area contributed by atoms with Gasteiger partial charge >= 0.3 is 0 Å². The molecule has 0 aromatic heterocycles. The smallest absolute Gasteiger partial charge is 0.201 e. The van der Waals surface area contributed by atoms with Crippen molar-refractivity contribution in [3.8, 4) is 39.9 Å². The highest BCUT2D eigenvalue weighted by molar-refractivity contribution is 5.83. The lowest BCUT2D eigenvalue weighted by molar-refractivity contribution is 0.340. The number of methoxy groups -OCH3 is 3. The molecule has 0 spiro atoms. The number of aryl methyl sites for hydroxylation is 1. The summed E-state index contributed by atoms with van der Waals surface area (Å²) in [6, 6.07) is 5.41. The van der Waals surface area contributed by atoms with Gasteiger partial charge in [-0.15, -0.1) is 0 Å². The highest BCUT2D eigenvalue weighted by atomic mass is 16.5. The first kappa shape index (κ1) is 17.2. The predicted octanol–water partition coefficient (Wildman–Crippen LogP) is 3.00. The molecule has 0 bridgehead atoms. The lowest BCUT2D eigenvalue weighted by Crippen LogP contribution is -2.16. The molecule has 0 saturated carbocycles. The summed E-state index contributed by atoms with van der Waals surface area (Å²) in [6.45, 7) is 0. The third-order valence-corrected chi connectivity index (χ3v) is 4.77. The van der Waals surface area contributed by atoms with Crippen molar-refractivity contribution >= 4 is 0 Å². The zero-order chi connectivity index (χ0) is 18.1. The summed E-state index contributed by atoms with van der Waals surface area (Å²) >= 11 is 0. The van der Waals surface area contributed by atoms with E-state index in [2.05, 4.69) is 5.32 Å². The first-order valence-corrected chi connectivity index (χ1v) is 8.11. The van der Waals surface area contributed by atoms with Crippen molar-refractivity contribution in [3.63, 3.8) is 0 Å². The van der Waals surface area contributed by atoms with Crippen LogP contribution in [0, 0.1) is 0 Å². The molecule has 0 aliphatic heterocycles. The minimum atomic E-state index is -0.0482. The van der Waals surface area contributed by atoms with Gasteiger partial charge in [-0.05, 0) is 54.8 Å². The number of rotatable bonds is 4. The van der Waals surface area contributed by atoms with Crippen LogP contribution in [0.15, 0.2) is 18.2 Å². The first-order chi connectivity index (χ1) is 12.0. The van der Waals surface area contributed by atoms with Gasteiger partial charge in [0.25, 0.3) is 0 Å². The maximum Gasteiger partial charge on any atom is 0.201 e. The fourth-order valence-corrected chi connectivity index (χ4v) is 3.53. The summed E-state index contributed by atoms with van der Waals surface area (Å²) in [5, 5.41) is 24.1. The summed E-state index contributed by atoms with van der Waals surface area (Å²) < 4.78 is 16.1. The number of ether oxygens (including phenoxy) is 3. The summed E-state index contributed by atoms with van der Waals surface area (Å²) in [5.74, 6) is 1.13. The molecule has 25 heavy (non-hydrogen) atoms. The van der Waals surface area contributed by atoms with Crippen molar-refractivity contribution in [2.45, 2.75) is 18.9 Å². The van der Waals surface area contributed by atoms with Crippen LogP contribution in [0.4, 0.5) is 0 Å². The zero-order valence-electron chi connectivity index (χ0n) is 14.8. The van der Waals surface area contributed by atoms with Gasteiger partial charge in [0.1, 0.15) is 0 Å². The second kappa shape index (κ2) is 6.72. The van der Waals surface area contributed by atoms with Gasteiger partial charge < -0.3 is 29.7 Å². The largest absolute Gasteiger partial charge is 0.504 e. The molecule has 1 atom stereocenters. The summed E-state index contributed by atoms with van der Waals surface area (Å²) in [4.78, 5) is 0. The van der Waals surface area contributed by atoms with E-state index in [4.69, 9.17) is 14.2 Å². The number of hydrogen-bond donors (Lipinski definition) is 3. The topological polar surface area (TPSA) is 80.2 Å². The quantitative estimate of drug-likeness (QED) is 0.790. The third-order valence-electron chi connectivity index (χ3n) is 4.77. The van der Waals surface area contributed by atoms with Crippen molar-refractivity contribution in [3.05, 3.63) is 29.3 Å². The third kappa shape index (κ3) is 2.72.